The number of nitrogens with zero attached hydrogens (tertiary/aromatic N) is 4. The van der Waals surface area contributed by atoms with Gasteiger partial charge in [-0.25, -0.2) is 13.1 Å². The summed E-state index contributed by atoms with van der Waals surface area (Å²) in [6, 6.07) is 5.22. The molecule has 1 aromatic carbocycles. The number of nitrogens with one attached hydrogen (secondary N) is 2. The SMILES string of the molecule is CCNC(=O)[C@@H](C)NS(=O)(=O)c1cccc(-n2cnnn2)c1. The fraction of sp³-hybridized carbons (Fsp3) is 0.333. The standard InChI is InChI=1S/C12H16N6O3S/c1-3-13-12(19)9(2)15-22(20,21)11-6-4-5-10(7-11)18-8-14-16-17-18/h4-9,15H,3H2,1-2H3,(H,13,19)/t9-/m1/s1. The molecule has 10 heteroatoms. The van der Waals surface area contributed by atoms with Crippen LogP contribution in [0.4, 0.5) is 0 Å². The van der Waals surface area contributed by atoms with Gasteiger partial charge in [-0.2, -0.15) is 4.72 Å². The molecule has 0 unspecified atom stereocenters. The maximum absolute atomic E-state index is 12.3. The maximum atomic E-state index is 12.3. The Morgan fingerprint density at radius 2 is 2.18 bits per heavy atom. The van der Waals surface area contributed by atoms with Crippen LogP contribution in [0.25, 0.3) is 5.69 Å². The van der Waals surface area contributed by atoms with Gasteiger partial charge < -0.3 is 5.32 Å². The van der Waals surface area contributed by atoms with Crippen LogP contribution in [-0.2, 0) is 14.8 Å². The minimum absolute atomic E-state index is 0.0247. The Hall–Kier alpha value is -2.33. The van der Waals surface area contributed by atoms with Crippen molar-refractivity contribution in [3.63, 3.8) is 0 Å². The van der Waals surface area contributed by atoms with Crippen LogP contribution in [0.15, 0.2) is 35.5 Å². The van der Waals surface area contributed by atoms with Gasteiger partial charge >= 0.3 is 0 Å². The average Bonchev–Trinajstić information content (AvgIpc) is 3.01. The second-order valence-corrected chi connectivity index (χ2v) is 6.20. The molecule has 0 aliphatic carbocycles. The van der Waals surface area contributed by atoms with Crippen molar-refractivity contribution in [3.8, 4) is 5.69 Å². The Morgan fingerprint density at radius 3 is 2.82 bits per heavy atom. The fourth-order valence-electron chi connectivity index (χ4n) is 1.75. The lowest BCUT2D eigenvalue weighted by Gasteiger charge is -2.14. The first-order valence-corrected chi connectivity index (χ1v) is 8.06. The predicted molar refractivity (Wildman–Crippen MR) is 77.6 cm³/mol. The van der Waals surface area contributed by atoms with Crippen molar-refractivity contribution >= 4 is 15.9 Å². The van der Waals surface area contributed by atoms with E-state index in [0.29, 0.717) is 12.2 Å². The summed E-state index contributed by atoms with van der Waals surface area (Å²) in [6.07, 6.45) is 1.36. The molecule has 0 fully saturated rings. The number of carbonyl (C=O) groups excluding carboxylic acids is 1. The summed E-state index contributed by atoms with van der Waals surface area (Å²) >= 11 is 0. The third-order valence-electron chi connectivity index (χ3n) is 2.82. The summed E-state index contributed by atoms with van der Waals surface area (Å²) in [6.45, 7) is 3.67. The number of tetrazole rings is 1. The highest BCUT2D eigenvalue weighted by Crippen LogP contribution is 2.14. The van der Waals surface area contributed by atoms with E-state index < -0.39 is 16.1 Å². The largest absolute Gasteiger partial charge is 0.355 e. The van der Waals surface area contributed by atoms with E-state index in [1.54, 1.807) is 19.1 Å². The van der Waals surface area contributed by atoms with Gasteiger partial charge in [-0.3, -0.25) is 4.79 Å². The molecule has 22 heavy (non-hydrogen) atoms. The van der Waals surface area contributed by atoms with Crippen LogP contribution in [0.3, 0.4) is 0 Å². The molecule has 1 heterocycles. The van der Waals surface area contributed by atoms with Gasteiger partial charge in [0.05, 0.1) is 16.6 Å². The molecular formula is C12H16N6O3S. The number of carbonyl (C=O) groups is 1. The second-order valence-electron chi connectivity index (χ2n) is 4.49. The predicted octanol–water partition coefficient (Wildman–Crippen LogP) is -0.535. The summed E-state index contributed by atoms with van der Waals surface area (Å²) < 4.78 is 28.3. The fourth-order valence-corrected chi connectivity index (χ4v) is 3.00. The van der Waals surface area contributed by atoms with Crippen LogP contribution in [-0.4, -0.2) is 47.1 Å². The molecule has 0 saturated carbocycles. The number of aromatic nitrogens is 4. The molecule has 1 amide bonds. The molecule has 1 atom stereocenters. The van der Waals surface area contributed by atoms with Crippen LogP contribution in [0.2, 0.25) is 0 Å². The Kier molecular flexibility index (Phi) is 4.83. The van der Waals surface area contributed by atoms with Crippen LogP contribution in [0.5, 0.6) is 0 Å². The van der Waals surface area contributed by atoms with Crippen molar-refractivity contribution < 1.29 is 13.2 Å². The monoisotopic (exact) mass is 324 g/mol. The van der Waals surface area contributed by atoms with Crippen LogP contribution < -0.4 is 10.0 Å². The molecule has 9 nitrogen and oxygen atoms in total. The highest BCUT2D eigenvalue weighted by Gasteiger charge is 2.22. The Bertz CT molecular complexity index is 744. The van der Waals surface area contributed by atoms with E-state index in [1.165, 1.54) is 30.1 Å². The van der Waals surface area contributed by atoms with E-state index in [2.05, 4.69) is 25.6 Å². The minimum atomic E-state index is -3.83. The van der Waals surface area contributed by atoms with Crippen molar-refractivity contribution in [2.75, 3.05) is 6.54 Å². The Morgan fingerprint density at radius 1 is 1.41 bits per heavy atom. The van der Waals surface area contributed by atoms with E-state index in [9.17, 15) is 13.2 Å². The second kappa shape index (κ2) is 6.62. The maximum Gasteiger partial charge on any atom is 0.241 e. The van der Waals surface area contributed by atoms with Gasteiger partial charge in [0.2, 0.25) is 15.9 Å². The molecule has 1 aromatic heterocycles. The molecule has 2 aromatic rings. The lowest BCUT2D eigenvalue weighted by Crippen LogP contribution is -2.44. The smallest absolute Gasteiger partial charge is 0.241 e. The molecule has 0 radical (unpaired) electrons. The van der Waals surface area contributed by atoms with Gasteiger partial charge in [0, 0.05) is 6.54 Å². The highest BCUT2D eigenvalue weighted by atomic mass is 32.2. The summed E-state index contributed by atoms with van der Waals surface area (Å²) in [4.78, 5) is 11.7. The summed E-state index contributed by atoms with van der Waals surface area (Å²) in [5, 5.41) is 13.2. The number of hydrogen-bond donors (Lipinski definition) is 2. The number of amides is 1. The van der Waals surface area contributed by atoms with Gasteiger partial charge in [0.1, 0.15) is 6.33 Å². The Labute approximate surface area is 127 Å². The first kappa shape index (κ1) is 16.0. The van der Waals surface area contributed by atoms with Crippen molar-refractivity contribution in [1.82, 2.24) is 30.2 Å². The van der Waals surface area contributed by atoms with Crippen molar-refractivity contribution in [1.29, 1.82) is 0 Å². The van der Waals surface area contributed by atoms with Crippen LogP contribution in [0.1, 0.15) is 13.8 Å². The van der Waals surface area contributed by atoms with Gasteiger partial charge in [-0.1, -0.05) is 6.07 Å². The number of hydrogen-bond acceptors (Lipinski definition) is 6. The summed E-state index contributed by atoms with van der Waals surface area (Å²) in [5.74, 6) is -0.386. The minimum Gasteiger partial charge on any atom is -0.355 e. The van der Waals surface area contributed by atoms with Crippen molar-refractivity contribution in [3.05, 3.63) is 30.6 Å². The van der Waals surface area contributed by atoms with E-state index in [1.807, 2.05) is 0 Å². The number of sulfonamides is 1. The third-order valence-corrected chi connectivity index (χ3v) is 4.36. The van der Waals surface area contributed by atoms with E-state index in [-0.39, 0.29) is 10.8 Å². The zero-order valence-corrected chi connectivity index (χ0v) is 12.9. The zero-order chi connectivity index (χ0) is 16.2. The highest BCUT2D eigenvalue weighted by molar-refractivity contribution is 7.89. The lowest BCUT2D eigenvalue weighted by atomic mass is 10.3. The average molecular weight is 324 g/mol. The van der Waals surface area contributed by atoms with E-state index in [4.69, 9.17) is 0 Å². The molecule has 0 aliphatic rings. The number of benzene rings is 1. The van der Waals surface area contributed by atoms with Crippen molar-refractivity contribution in [2.24, 2.45) is 0 Å². The lowest BCUT2D eigenvalue weighted by molar-refractivity contribution is -0.122. The molecule has 0 saturated heterocycles. The van der Waals surface area contributed by atoms with Crippen LogP contribution >= 0.6 is 0 Å². The summed E-state index contributed by atoms with van der Waals surface area (Å²) in [7, 11) is -3.83. The summed E-state index contributed by atoms with van der Waals surface area (Å²) in [5.41, 5.74) is 0.499. The number of likely N-dealkylation sites (N-methyl/N-ethyl adjacent to an activating group) is 1. The Balaban J connectivity index is 2.23. The molecule has 118 valence electrons. The zero-order valence-electron chi connectivity index (χ0n) is 12.1. The normalized spacial score (nSPS) is 12.8. The molecule has 2 N–H and O–H groups in total. The van der Waals surface area contributed by atoms with Gasteiger partial charge in [-0.15, -0.1) is 5.10 Å². The topological polar surface area (TPSA) is 119 Å². The van der Waals surface area contributed by atoms with Gasteiger partial charge in [-0.05, 0) is 42.5 Å². The molecule has 0 bridgehead atoms. The number of rotatable bonds is 6. The molecular weight excluding hydrogens is 308 g/mol. The van der Waals surface area contributed by atoms with E-state index in [0.717, 1.165) is 0 Å². The first-order chi connectivity index (χ1) is 10.4. The van der Waals surface area contributed by atoms with Gasteiger partial charge in [0.15, 0.2) is 0 Å². The molecule has 2 rings (SSSR count). The third kappa shape index (κ3) is 3.65. The van der Waals surface area contributed by atoms with Crippen LogP contribution in [0, 0.1) is 0 Å². The molecule has 0 spiro atoms. The molecule has 0 aliphatic heterocycles. The van der Waals surface area contributed by atoms with E-state index >= 15 is 0 Å². The van der Waals surface area contributed by atoms with Gasteiger partial charge in [0.25, 0.3) is 0 Å². The van der Waals surface area contributed by atoms with Crippen molar-refractivity contribution in [2.45, 2.75) is 24.8 Å². The first-order valence-electron chi connectivity index (χ1n) is 6.57. The quantitative estimate of drug-likeness (QED) is 0.737.